The summed E-state index contributed by atoms with van der Waals surface area (Å²) in [6.45, 7) is 1.75. The van der Waals surface area contributed by atoms with Gasteiger partial charge >= 0.3 is 33.4 Å². The number of rotatable bonds is 15. The van der Waals surface area contributed by atoms with Gasteiger partial charge in [0.05, 0.1) is 19.8 Å². The quantitative estimate of drug-likeness (QED) is 0.201. The van der Waals surface area contributed by atoms with Crippen molar-refractivity contribution in [3.8, 4) is 0 Å². The molecule has 0 fully saturated rings. The predicted octanol–water partition coefficient (Wildman–Crippen LogP) is 4.37. The summed E-state index contributed by atoms with van der Waals surface area (Å²) in [6, 6.07) is 0. The molecule has 0 N–H and O–H groups in total. The van der Waals surface area contributed by atoms with Crippen LogP contribution in [-0.2, 0) is 23.8 Å². The molecule has 0 saturated carbocycles. The molecule has 176 valence electrons. The van der Waals surface area contributed by atoms with E-state index >= 15 is 0 Å². The Bertz CT molecular complexity index is 579. The second kappa shape index (κ2) is 11.0. The number of halogens is 9. The summed E-state index contributed by atoms with van der Waals surface area (Å²) in [6.07, 6.45) is -5.67. The Morgan fingerprint density at radius 3 is 1.55 bits per heavy atom. The highest BCUT2D eigenvalue weighted by atomic mass is 32.2. The van der Waals surface area contributed by atoms with Gasteiger partial charge in [-0.15, -0.1) is 0 Å². The van der Waals surface area contributed by atoms with Crippen molar-refractivity contribution in [1.82, 2.24) is 0 Å². The molecule has 0 heterocycles. The summed E-state index contributed by atoms with van der Waals surface area (Å²) < 4.78 is 150. The molecule has 0 saturated heterocycles. The molecule has 0 aliphatic carbocycles. The van der Waals surface area contributed by atoms with Crippen molar-refractivity contribution < 1.29 is 61.6 Å². The van der Waals surface area contributed by atoms with E-state index in [0.717, 1.165) is 12.8 Å². The van der Waals surface area contributed by atoms with E-state index in [1.807, 2.05) is 6.92 Å². The number of hydrogen-bond donors (Lipinski definition) is 0. The van der Waals surface area contributed by atoms with Crippen molar-refractivity contribution in [3.05, 3.63) is 0 Å². The second-order valence-corrected chi connectivity index (χ2v) is 7.38. The standard InChI is InChI=1S/C14H21F9O5S/c1-2-3-6-26-9-10-27-7-4-5-8-28-29(24,25)14(22,23)12(17,18)11(15,16)13(19,20)21/h2-10H2,1H3. The van der Waals surface area contributed by atoms with Crippen molar-refractivity contribution in [2.24, 2.45) is 0 Å². The molecule has 0 aromatic heterocycles. The Kier molecular flexibility index (Phi) is 10.7. The first-order valence-corrected chi connectivity index (χ1v) is 9.71. The first kappa shape index (κ1) is 28.2. The Hall–Kier alpha value is -0.800. The predicted molar refractivity (Wildman–Crippen MR) is 81.5 cm³/mol. The van der Waals surface area contributed by atoms with Gasteiger partial charge in [-0.05, 0) is 19.3 Å². The number of unbranched alkanes of at least 4 members (excludes halogenated alkanes) is 2. The van der Waals surface area contributed by atoms with E-state index in [4.69, 9.17) is 9.47 Å². The maximum atomic E-state index is 13.3. The first-order chi connectivity index (χ1) is 13.1. The van der Waals surface area contributed by atoms with Crippen LogP contribution >= 0.6 is 0 Å². The number of hydrogen-bond acceptors (Lipinski definition) is 5. The molecule has 0 aliphatic heterocycles. The zero-order chi connectivity index (χ0) is 23.0. The van der Waals surface area contributed by atoms with Crippen LogP contribution in [0.25, 0.3) is 0 Å². The van der Waals surface area contributed by atoms with Crippen molar-refractivity contribution >= 4 is 10.1 Å². The molecule has 0 unspecified atom stereocenters. The van der Waals surface area contributed by atoms with Gasteiger partial charge in [0.25, 0.3) is 0 Å². The lowest BCUT2D eigenvalue weighted by atomic mass is 10.1. The molecule has 15 heteroatoms. The lowest BCUT2D eigenvalue weighted by Gasteiger charge is -2.32. The second-order valence-electron chi connectivity index (χ2n) is 5.72. The summed E-state index contributed by atoms with van der Waals surface area (Å²) in [5.41, 5.74) is 0. The van der Waals surface area contributed by atoms with Crippen LogP contribution < -0.4 is 0 Å². The SMILES string of the molecule is CCCCOCCOCCCCOS(=O)(=O)C(F)(F)C(F)(F)C(F)(F)C(F)(F)F. The topological polar surface area (TPSA) is 61.8 Å². The average molecular weight is 472 g/mol. The zero-order valence-corrected chi connectivity index (χ0v) is 16.0. The highest BCUT2D eigenvalue weighted by Crippen LogP contribution is 2.54. The Balaban J connectivity index is 4.53. The largest absolute Gasteiger partial charge is 0.460 e. The molecule has 0 atom stereocenters. The van der Waals surface area contributed by atoms with Crippen LogP contribution in [0.15, 0.2) is 0 Å². The summed E-state index contributed by atoms with van der Waals surface area (Å²) in [4.78, 5) is 0. The molecule has 0 spiro atoms. The lowest BCUT2D eigenvalue weighted by Crippen LogP contribution is -2.63. The van der Waals surface area contributed by atoms with Gasteiger partial charge in [-0.1, -0.05) is 13.3 Å². The van der Waals surface area contributed by atoms with E-state index in [1.165, 1.54) is 0 Å². The fraction of sp³-hybridized carbons (Fsp3) is 1.00. The Morgan fingerprint density at radius 2 is 1.10 bits per heavy atom. The van der Waals surface area contributed by atoms with Crippen molar-refractivity contribution in [1.29, 1.82) is 0 Å². The van der Waals surface area contributed by atoms with E-state index < -0.39 is 40.0 Å². The van der Waals surface area contributed by atoms with E-state index in [9.17, 15) is 47.9 Å². The highest BCUT2D eigenvalue weighted by Gasteiger charge is 2.85. The maximum Gasteiger partial charge on any atom is 0.460 e. The fourth-order valence-electron chi connectivity index (χ4n) is 1.63. The third-order valence-corrected chi connectivity index (χ3v) is 4.73. The molecule has 0 aliphatic rings. The minimum atomic E-state index is -7.31. The third-order valence-electron chi connectivity index (χ3n) is 3.37. The number of alkyl halides is 9. The van der Waals surface area contributed by atoms with Crippen molar-refractivity contribution in [2.75, 3.05) is 33.0 Å². The first-order valence-electron chi connectivity index (χ1n) is 8.31. The molecule has 0 radical (unpaired) electrons. The van der Waals surface area contributed by atoms with Crippen LogP contribution in [0.5, 0.6) is 0 Å². The van der Waals surface area contributed by atoms with Gasteiger partial charge in [0.2, 0.25) is 0 Å². The third kappa shape index (κ3) is 7.14. The number of ether oxygens (including phenoxy) is 2. The van der Waals surface area contributed by atoms with E-state index in [-0.39, 0.29) is 32.7 Å². The molecule has 0 aromatic carbocycles. The van der Waals surface area contributed by atoms with Crippen LogP contribution in [0.3, 0.4) is 0 Å². The molecular formula is C14H21F9O5S. The molecule has 0 bridgehead atoms. The molecule has 5 nitrogen and oxygen atoms in total. The van der Waals surface area contributed by atoms with Crippen molar-refractivity contribution in [3.63, 3.8) is 0 Å². The minimum absolute atomic E-state index is 0.00511. The van der Waals surface area contributed by atoms with E-state index in [0.29, 0.717) is 6.61 Å². The maximum absolute atomic E-state index is 13.3. The highest BCUT2D eigenvalue weighted by molar-refractivity contribution is 7.87. The fourth-order valence-corrected chi connectivity index (χ4v) is 2.56. The van der Waals surface area contributed by atoms with Gasteiger partial charge in [-0.25, -0.2) is 0 Å². The summed E-state index contributed by atoms with van der Waals surface area (Å²) in [5, 5.41) is -6.83. The van der Waals surface area contributed by atoms with Crippen LogP contribution in [0.4, 0.5) is 39.5 Å². The lowest BCUT2D eigenvalue weighted by molar-refractivity contribution is -0.382. The molecule has 0 aromatic rings. The average Bonchev–Trinajstić information content (AvgIpc) is 2.58. The molecule has 0 amide bonds. The van der Waals surface area contributed by atoms with Crippen LogP contribution in [-0.4, -0.2) is 64.7 Å². The molecular weight excluding hydrogens is 451 g/mol. The van der Waals surface area contributed by atoms with Crippen LogP contribution in [0, 0.1) is 0 Å². The Labute approximate surface area is 161 Å². The van der Waals surface area contributed by atoms with Gasteiger partial charge in [0, 0.05) is 13.2 Å². The van der Waals surface area contributed by atoms with Gasteiger partial charge < -0.3 is 9.47 Å². The molecule has 0 rings (SSSR count). The van der Waals surface area contributed by atoms with Crippen LogP contribution in [0.2, 0.25) is 0 Å². The van der Waals surface area contributed by atoms with Crippen molar-refractivity contribution in [2.45, 2.75) is 55.9 Å². The van der Waals surface area contributed by atoms with Gasteiger partial charge in [0.15, 0.2) is 0 Å². The van der Waals surface area contributed by atoms with Gasteiger partial charge in [-0.3, -0.25) is 4.18 Å². The Morgan fingerprint density at radius 1 is 0.655 bits per heavy atom. The van der Waals surface area contributed by atoms with Crippen LogP contribution in [0.1, 0.15) is 32.6 Å². The van der Waals surface area contributed by atoms with Gasteiger partial charge in [-0.2, -0.15) is 47.9 Å². The normalized spacial score (nSPS) is 14.4. The summed E-state index contributed by atoms with van der Waals surface area (Å²) in [5.74, 6) is -14.6. The van der Waals surface area contributed by atoms with E-state index in [1.54, 1.807) is 0 Å². The summed E-state index contributed by atoms with van der Waals surface area (Å²) >= 11 is 0. The van der Waals surface area contributed by atoms with Gasteiger partial charge in [0.1, 0.15) is 0 Å². The molecule has 29 heavy (non-hydrogen) atoms. The minimum Gasteiger partial charge on any atom is -0.379 e. The monoisotopic (exact) mass is 472 g/mol. The zero-order valence-electron chi connectivity index (χ0n) is 15.2. The summed E-state index contributed by atoms with van der Waals surface area (Å²) in [7, 11) is -6.80. The smallest absolute Gasteiger partial charge is 0.379 e. The van der Waals surface area contributed by atoms with E-state index in [2.05, 4.69) is 4.18 Å².